The molecule has 0 unspecified atom stereocenters. The van der Waals surface area contributed by atoms with E-state index in [1.54, 1.807) is 37.3 Å². The van der Waals surface area contributed by atoms with Crippen LogP contribution in [0.15, 0.2) is 54.6 Å². The van der Waals surface area contributed by atoms with Gasteiger partial charge in [0.25, 0.3) is 0 Å². The van der Waals surface area contributed by atoms with E-state index >= 15 is 0 Å². The minimum Gasteiger partial charge on any atom is -0.497 e. The summed E-state index contributed by atoms with van der Waals surface area (Å²) in [6.45, 7) is 0.871. The molecular weight excluding hydrogens is 330 g/mol. The molecule has 0 saturated carbocycles. The molecule has 26 heavy (non-hydrogen) atoms. The number of likely N-dealkylation sites (N-methyl/N-ethyl adjacent to an activating group) is 1. The minimum absolute atomic E-state index is 0.0994. The van der Waals surface area contributed by atoms with Crippen LogP contribution in [-0.2, 0) is 16.0 Å². The zero-order valence-electron chi connectivity index (χ0n) is 15.2. The van der Waals surface area contributed by atoms with Crippen LogP contribution in [-0.4, -0.2) is 50.5 Å². The van der Waals surface area contributed by atoms with E-state index in [2.05, 4.69) is 10.6 Å². The molecule has 0 atom stereocenters. The Balaban J connectivity index is 1.68. The van der Waals surface area contributed by atoms with Crippen LogP contribution in [0.3, 0.4) is 0 Å². The average molecular weight is 355 g/mol. The van der Waals surface area contributed by atoms with Crippen LogP contribution in [0.25, 0.3) is 0 Å². The van der Waals surface area contributed by atoms with Gasteiger partial charge in [0.15, 0.2) is 0 Å². The summed E-state index contributed by atoms with van der Waals surface area (Å²) < 4.78 is 5.12. The van der Waals surface area contributed by atoms with Gasteiger partial charge in [-0.05, 0) is 31.2 Å². The van der Waals surface area contributed by atoms with E-state index in [-0.39, 0.29) is 24.9 Å². The van der Waals surface area contributed by atoms with Crippen LogP contribution >= 0.6 is 0 Å². The first kappa shape index (κ1) is 19.5. The Labute approximate surface area is 154 Å². The molecule has 0 aliphatic heterocycles. The number of carbonyl (C=O) groups excluding carboxylic acids is 2. The van der Waals surface area contributed by atoms with Gasteiger partial charge in [0.2, 0.25) is 11.8 Å². The van der Waals surface area contributed by atoms with Crippen molar-refractivity contribution in [1.82, 2.24) is 10.2 Å². The van der Waals surface area contributed by atoms with Crippen molar-refractivity contribution in [3.8, 4) is 5.75 Å². The maximum Gasteiger partial charge on any atom is 0.238 e. The molecule has 2 rings (SSSR count). The number of carbonyl (C=O) groups is 2. The third kappa shape index (κ3) is 6.94. The maximum atomic E-state index is 12.1. The molecule has 0 aliphatic rings. The molecule has 138 valence electrons. The highest BCUT2D eigenvalue weighted by atomic mass is 16.5. The average Bonchev–Trinajstić information content (AvgIpc) is 2.62. The Morgan fingerprint density at radius 2 is 1.73 bits per heavy atom. The summed E-state index contributed by atoms with van der Waals surface area (Å²) in [7, 11) is 3.31. The van der Waals surface area contributed by atoms with Crippen LogP contribution in [0.4, 0.5) is 5.69 Å². The molecule has 0 spiro atoms. The summed E-state index contributed by atoms with van der Waals surface area (Å²) in [6, 6.07) is 17.1. The van der Waals surface area contributed by atoms with Gasteiger partial charge in [0.05, 0.1) is 20.2 Å². The van der Waals surface area contributed by atoms with E-state index < -0.39 is 0 Å². The first-order chi connectivity index (χ1) is 12.6. The highest BCUT2D eigenvalue weighted by Gasteiger charge is 2.11. The van der Waals surface area contributed by atoms with Crippen LogP contribution in [0.5, 0.6) is 5.75 Å². The lowest BCUT2D eigenvalue weighted by Crippen LogP contribution is -2.39. The Hall–Kier alpha value is -2.86. The number of nitrogens with one attached hydrogen (secondary N) is 2. The summed E-state index contributed by atoms with van der Waals surface area (Å²) in [5, 5.41) is 5.66. The van der Waals surface area contributed by atoms with Gasteiger partial charge in [0.1, 0.15) is 5.75 Å². The van der Waals surface area contributed by atoms with Crippen LogP contribution in [0, 0.1) is 0 Å². The molecule has 0 aliphatic carbocycles. The summed E-state index contributed by atoms with van der Waals surface area (Å²) >= 11 is 0. The van der Waals surface area contributed by atoms with Crippen molar-refractivity contribution in [1.29, 1.82) is 0 Å². The van der Waals surface area contributed by atoms with E-state index in [4.69, 9.17) is 4.74 Å². The van der Waals surface area contributed by atoms with E-state index in [9.17, 15) is 9.59 Å². The number of methoxy groups -OCH3 is 1. The molecule has 6 nitrogen and oxygen atoms in total. The number of ether oxygens (including phenoxy) is 1. The maximum absolute atomic E-state index is 12.1. The summed E-state index contributed by atoms with van der Waals surface area (Å²) in [6.07, 6.45) is 0.784. The smallest absolute Gasteiger partial charge is 0.238 e. The normalized spacial score (nSPS) is 10.4. The SMILES string of the molecule is COc1cccc(NC(=O)CN(C)CC(=O)NCCc2ccccc2)c1. The third-order valence-electron chi connectivity index (χ3n) is 3.76. The second-order valence-corrected chi connectivity index (χ2v) is 6.04. The van der Waals surface area contributed by atoms with Crippen molar-refractivity contribution in [2.45, 2.75) is 6.42 Å². The van der Waals surface area contributed by atoms with Crippen molar-refractivity contribution in [3.63, 3.8) is 0 Å². The molecule has 0 bridgehead atoms. The Morgan fingerprint density at radius 3 is 2.46 bits per heavy atom. The van der Waals surface area contributed by atoms with Crippen molar-refractivity contribution in [2.24, 2.45) is 0 Å². The molecule has 2 aromatic rings. The monoisotopic (exact) mass is 355 g/mol. The molecule has 0 heterocycles. The Kier molecular flexibility index (Phi) is 7.64. The first-order valence-corrected chi connectivity index (χ1v) is 8.50. The largest absolute Gasteiger partial charge is 0.497 e. The molecule has 0 fully saturated rings. The number of rotatable bonds is 9. The highest BCUT2D eigenvalue weighted by molar-refractivity contribution is 5.92. The zero-order chi connectivity index (χ0) is 18.8. The van der Waals surface area contributed by atoms with Gasteiger partial charge in [-0.15, -0.1) is 0 Å². The van der Waals surface area contributed by atoms with Crippen molar-refractivity contribution in [2.75, 3.05) is 39.1 Å². The standard InChI is InChI=1S/C20H25N3O3/c1-23(14-19(24)21-12-11-16-7-4-3-5-8-16)15-20(25)22-17-9-6-10-18(13-17)26-2/h3-10,13H,11-12,14-15H2,1-2H3,(H,21,24)(H,22,25). The summed E-state index contributed by atoms with van der Waals surface area (Å²) in [4.78, 5) is 25.7. The lowest BCUT2D eigenvalue weighted by Gasteiger charge is -2.16. The lowest BCUT2D eigenvalue weighted by atomic mass is 10.1. The van der Waals surface area contributed by atoms with Gasteiger partial charge in [-0.2, -0.15) is 0 Å². The van der Waals surface area contributed by atoms with Crippen LogP contribution in [0.1, 0.15) is 5.56 Å². The predicted molar refractivity (Wildman–Crippen MR) is 102 cm³/mol. The van der Waals surface area contributed by atoms with Crippen molar-refractivity contribution >= 4 is 17.5 Å². The molecule has 2 N–H and O–H groups in total. The fourth-order valence-corrected chi connectivity index (χ4v) is 2.49. The summed E-state index contributed by atoms with van der Waals surface area (Å²) in [5.74, 6) is 0.393. The van der Waals surface area contributed by atoms with E-state index in [0.29, 0.717) is 18.0 Å². The van der Waals surface area contributed by atoms with E-state index in [1.165, 1.54) is 5.56 Å². The van der Waals surface area contributed by atoms with E-state index in [0.717, 1.165) is 6.42 Å². The lowest BCUT2D eigenvalue weighted by molar-refractivity contribution is -0.122. The number of hydrogen-bond acceptors (Lipinski definition) is 4. The topological polar surface area (TPSA) is 70.7 Å². The fourth-order valence-electron chi connectivity index (χ4n) is 2.49. The van der Waals surface area contributed by atoms with Gasteiger partial charge in [-0.25, -0.2) is 0 Å². The van der Waals surface area contributed by atoms with Crippen molar-refractivity contribution in [3.05, 3.63) is 60.2 Å². The molecule has 2 amide bonds. The zero-order valence-corrected chi connectivity index (χ0v) is 15.2. The second kappa shape index (κ2) is 10.2. The second-order valence-electron chi connectivity index (χ2n) is 6.04. The summed E-state index contributed by atoms with van der Waals surface area (Å²) in [5.41, 5.74) is 1.84. The molecule has 0 saturated heterocycles. The highest BCUT2D eigenvalue weighted by Crippen LogP contribution is 2.16. The first-order valence-electron chi connectivity index (χ1n) is 8.50. The molecular formula is C20H25N3O3. The quantitative estimate of drug-likeness (QED) is 0.721. The third-order valence-corrected chi connectivity index (χ3v) is 3.76. The van der Waals surface area contributed by atoms with Gasteiger partial charge < -0.3 is 15.4 Å². The van der Waals surface area contributed by atoms with Crippen LogP contribution < -0.4 is 15.4 Å². The molecule has 6 heteroatoms. The number of benzene rings is 2. The predicted octanol–water partition coefficient (Wildman–Crippen LogP) is 1.92. The number of hydrogen-bond donors (Lipinski definition) is 2. The van der Waals surface area contributed by atoms with E-state index in [1.807, 2.05) is 36.4 Å². The number of amides is 2. The van der Waals surface area contributed by atoms with Gasteiger partial charge in [0, 0.05) is 18.3 Å². The molecule has 0 aromatic heterocycles. The van der Waals surface area contributed by atoms with Gasteiger partial charge >= 0.3 is 0 Å². The van der Waals surface area contributed by atoms with Crippen molar-refractivity contribution < 1.29 is 14.3 Å². The van der Waals surface area contributed by atoms with Crippen LogP contribution in [0.2, 0.25) is 0 Å². The van der Waals surface area contributed by atoms with Gasteiger partial charge in [-0.3, -0.25) is 14.5 Å². The number of anilines is 1. The molecule has 2 aromatic carbocycles. The number of nitrogens with zero attached hydrogens (tertiary/aromatic N) is 1. The van der Waals surface area contributed by atoms with Gasteiger partial charge in [-0.1, -0.05) is 36.4 Å². The molecule has 0 radical (unpaired) electrons. The Morgan fingerprint density at radius 1 is 1.00 bits per heavy atom. The Bertz CT molecular complexity index is 719. The fraction of sp³-hybridized carbons (Fsp3) is 0.300. The minimum atomic E-state index is -0.183.